The second-order valence-corrected chi connectivity index (χ2v) is 5.73. The predicted molar refractivity (Wildman–Crippen MR) is 97.4 cm³/mol. The molecule has 0 atom stereocenters. The summed E-state index contributed by atoms with van der Waals surface area (Å²) in [5.74, 6) is 0.0576. The fourth-order valence-electron chi connectivity index (χ4n) is 3.21. The topological polar surface area (TPSA) is 53.1 Å². The van der Waals surface area contributed by atoms with Gasteiger partial charge in [0.1, 0.15) is 0 Å². The maximum absolute atomic E-state index is 8.01. The molecule has 3 aromatic carbocycles. The lowest BCUT2D eigenvalue weighted by atomic mass is 10.0. The molecule has 0 unspecified atom stereocenters. The Labute approximate surface area is 135 Å². The van der Waals surface area contributed by atoms with Crippen molar-refractivity contribution in [2.75, 3.05) is 4.90 Å². The first kappa shape index (κ1) is 13.6. The number of anilines is 1. The first-order valence-electron chi connectivity index (χ1n) is 7.63. The van der Waals surface area contributed by atoms with Gasteiger partial charge < -0.3 is 10.6 Å². The Morgan fingerprint density at radius 3 is 2.52 bits per heavy atom. The Morgan fingerprint density at radius 2 is 1.74 bits per heavy atom. The molecule has 4 rings (SSSR count). The van der Waals surface area contributed by atoms with Crippen molar-refractivity contribution in [1.82, 2.24) is 0 Å². The van der Waals surface area contributed by atoms with E-state index in [4.69, 9.17) is 11.1 Å². The molecule has 1 aliphatic carbocycles. The lowest BCUT2D eigenvalue weighted by molar-refractivity contribution is 0.985. The Kier molecular flexibility index (Phi) is 3.12. The third-order valence-corrected chi connectivity index (χ3v) is 4.29. The van der Waals surface area contributed by atoms with Gasteiger partial charge in [0.2, 0.25) is 0 Å². The van der Waals surface area contributed by atoms with Crippen LogP contribution in [0.25, 0.3) is 22.9 Å². The van der Waals surface area contributed by atoms with E-state index in [0.29, 0.717) is 6.54 Å². The standard InChI is InChI=1S/C20H17N3/c21-20(22)23(13-14-5-2-1-3-6-14)18-12-10-16-8-4-7-15-9-11-17(18)19(15)16/h1-12H,13H2,(H3,21,22). The fourth-order valence-corrected chi connectivity index (χ4v) is 3.21. The van der Waals surface area contributed by atoms with Crippen LogP contribution in [0.15, 0.2) is 60.7 Å². The lowest BCUT2D eigenvalue weighted by Gasteiger charge is -2.25. The van der Waals surface area contributed by atoms with Crippen molar-refractivity contribution >= 4 is 34.6 Å². The van der Waals surface area contributed by atoms with Crippen LogP contribution in [0, 0.1) is 5.41 Å². The number of guanidine groups is 1. The summed E-state index contributed by atoms with van der Waals surface area (Å²) in [6, 6.07) is 20.6. The molecule has 3 N–H and O–H groups in total. The number of rotatable bonds is 3. The predicted octanol–water partition coefficient (Wildman–Crippen LogP) is 4.22. The summed E-state index contributed by atoms with van der Waals surface area (Å²) < 4.78 is 0. The highest BCUT2D eigenvalue weighted by Crippen LogP contribution is 2.37. The van der Waals surface area contributed by atoms with Gasteiger partial charge >= 0.3 is 0 Å². The van der Waals surface area contributed by atoms with Crippen LogP contribution < -0.4 is 10.6 Å². The highest BCUT2D eigenvalue weighted by Gasteiger charge is 2.19. The van der Waals surface area contributed by atoms with E-state index in [1.165, 1.54) is 16.3 Å². The van der Waals surface area contributed by atoms with Crippen molar-refractivity contribution < 1.29 is 0 Å². The third kappa shape index (κ3) is 2.27. The number of nitrogens with zero attached hydrogens (tertiary/aromatic N) is 1. The maximum atomic E-state index is 8.01. The Balaban J connectivity index is 1.84. The summed E-state index contributed by atoms with van der Waals surface area (Å²) in [6.45, 7) is 0.588. The summed E-state index contributed by atoms with van der Waals surface area (Å²) in [5, 5.41) is 10.5. The van der Waals surface area contributed by atoms with Gasteiger partial charge in [-0.2, -0.15) is 0 Å². The maximum Gasteiger partial charge on any atom is 0.193 e. The largest absolute Gasteiger partial charge is 0.370 e. The SMILES string of the molecule is N=C(N)N(Cc1ccccc1)c1ccc2cccc3c2c1C=C3. The zero-order valence-electron chi connectivity index (χ0n) is 12.7. The molecule has 0 bridgehead atoms. The Hall–Kier alpha value is -3.07. The minimum absolute atomic E-state index is 0.0576. The number of nitrogens with one attached hydrogen (secondary N) is 1. The van der Waals surface area contributed by atoms with E-state index in [9.17, 15) is 0 Å². The van der Waals surface area contributed by atoms with Crippen molar-refractivity contribution in [2.45, 2.75) is 6.54 Å². The fraction of sp³-hybridized carbons (Fsp3) is 0.0500. The lowest BCUT2D eigenvalue weighted by Crippen LogP contribution is -2.36. The smallest absolute Gasteiger partial charge is 0.193 e. The zero-order valence-corrected chi connectivity index (χ0v) is 12.7. The molecule has 3 heteroatoms. The summed E-state index contributed by atoms with van der Waals surface area (Å²) in [4.78, 5) is 1.86. The molecule has 0 amide bonds. The molecule has 23 heavy (non-hydrogen) atoms. The number of hydrogen-bond donors (Lipinski definition) is 2. The molecule has 0 radical (unpaired) electrons. The van der Waals surface area contributed by atoms with Crippen LogP contribution in [0.5, 0.6) is 0 Å². The monoisotopic (exact) mass is 299 g/mol. The van der Waals surface area contributed by atoms with E-state index >= 15 is 0 Å². The number of nitrogens with two attached hydrogens (primary N) is 1. The average molecular weight is 299 g/mol. The van der Waals surface area contributed by atoms with Gasteiger partial charge in [0.05, 0.1) is 12.2 Å². The van der Waals surface area contributed by atoms with Gasteiger partial charge in [-0.1, -0.05) is 66.7 Å². The second kappa shape index (κ2) is 5.29. The van der Waals surface area contributed by atoms with Crippen LogP contribution >= 0.6 is 0 Å². The molecule has 0 aliphatic heterocycles. The van der Waals surface area contributed by atoms with E-state index < -0.39 is 0 Å². The summed E-state index contributed by atoms with van der Waals surface area (Å²) >= 11 is 0. The molecule has 3 nitrogen and oxygen atoms in total. The molecule has 1 aliphatic rings. The van der Waals surface area contributed by atoms with Gasteiger partial charge in [-0.15, -0.1) is 0 Å². The number of hydrogen-bond acceptors (Lipinski definition) is 1. The first-order valence-corrected chi connectivity index (χ1v) is 7.63. The average Bonchev–Trinajstić information content (AvgIpc) is 3.00. The van der Waals surface area contributed by atoms with E-state index in [-0.39, 0.29) is 5.96 Å². The van der Waals surface area contributed by atoms with Gasteiger partial charge in [-0.25, -0.2) is 0 Å². The van der Waals surface area contributed by atoms with Crippen LogP contribution in [-0.4, -0.2) is 5.96 Å². The molecule has 0 fully saturated rings. The van der Waals surface area contributed by atoms with Crippen molar-refractivity contribution in [3.8, 4) is 0 Å². The van der Waals surface area contributed by atoms with Gasteiger partial charge in [0, 0.05) is 5.56 Å². The van der Waals surface area contributed by atoms with Gasteiger partial charge in [0.25, 0.3) is 0 Å². The molecular weight excluding hydrogens is 282 g/mol. The van der Waals surface area contributed by atoms with Gasteiger partial charge in [-0.3, -0.25) is 5.41 Å². The highest BCUT2D eigenvalue weighted by atomic mass is 15.2. The molecule has 112 valence electrons. The normalized spacial score (nSPS) is 11.8. The van der Waals surface area contributed by atoms with E-state index in [1.54, 1.807) is 0 Å². The third-order valence-electron chi connectivity index (χ3n) is 4.29. The van der Waals surface area contributed by atoms with Crippen molar-refractivity contribution in [3.05, 3.63) is 77.4 Å². The van der Waals surface area contributed by atoms with E-state index in [2.05, 4.69) is 54.6 Å². The van der Waals surface area contributed by atoms with Crippen LogP contribution in [0.1, 0.15) is 16.7 Å². The first-order chi connectivity index (χ1) is 11.2. The molecule has 0 saturated carbocycles. The van der Waals surface area contributed by atoms with Crippen molar-refractivity contribution in [2.24, 2.45) is 5.73 Å². The molecule has 3 aromatic rings. The highest BCUT2D eigenvalue weighted by molar-refractivity contribution is 6.10. The molecule has 0 saturated heterocycles. The molecule has 0 heterocycles. The van der Waals surface area contributed by atoms with Crippen LogP contribution in [0.2, 0.25) is 0 Å². The Morgan fingerprint density at radius 1 is 0.913 bits per heavy atom. The van der Waals surface area contributed by atoms with Crippen molar-refractivity contribution in [3.63, 3.8) is 0 Å². The summed E-state index contributed by atoms with van der Waals surface area (Å²) in [7, 11) is 0. The quantitative estimate of drug-likeness (QED) is 0.439. The Bertz CT molecular complexity index is 926. The van der Waals surface area contributed by atoms with Crippen LogP contribution in [-0.2, 0) is 6.54 Å². The van der Waals surface area contributed by atoms with Crippen LogP contribution in [0.4, 0.5) is 5.69 Å². The van der Waals surface area contributed by atoms with Gasteiger partial charge in [-0.05, 0) is 28.0 Å². The molecule has 0 spiro atoms. The van der Waals surface area contributed by atoms with Gasteiger partial charge in [0.15, 0.2) is 5.96 Å². The minimum atomic E-state index is 0.0576. The minimum Gasteiger partial charge on any atom is -0.370 e. The molecular formula is C20H17N3. The summed E-state index contributed by atoms with van der Waals surface area (Å²) in [5.41, 5.74) is 10.4. The zero-order chi connectivity index (χ0) is 15.8. The molecule has 0 aromatic heterocycles. The van der Waals surface area contributed by atoms with Crippen molar-refractivity contribution in [1.29, 1.82) is 5.41 Å². The van der Waals surface area contributed by atoms with Crippen LogP contribution in [0.3, 0.4) is 0 Å². The summed E-state index contributed by atoms with van der Waals surface area (Å²) in [6.07, 6.45) is 4.25. The number of benzene rings is 3. The second-order valence-electron chi connectivity index (χ2n) is 5.73. The van der Waals surface area contributed by atoms with E-state index in [1.807, 2.05) is 23.1 Å². The van der Waals surface area contributed by atoms with E-state index in [0.717, 1.165) is 16.8 Å².